The van der Waals surface area contributed by atoms with E-state index in [0.717, 1.165) is 22.5 Å². The third-order valence-electron chi connectivity index (χ3n) is 6.14. The van der Waals surface area contributed by atoms with Gasteiger partial charge < -0.3 is 24.8 Å². The van der Waals surface area contributed by atoms with Crippen molar-refractivity contribution in [3.05, 3.63) is 109 Å². The van der Waals surface area contributed by atoms with E-state index in [4.69, 9.17) is 14.2 Å². The molecule has 0 unspecified atom stereocenters. The summed E-state index contributed by atoms with van der Waals surface area (Å²) < 4.78 is 16.9. The van der Waals surface area contributed by atoms with Gasteiger partial charge in [-0.25, -0.2) is 0 Å². The molecule has 0 radical (unpaired) electrons. The highest BCUT2D eigenvalue weighted by Gasteiger charge is 2.05. The Morgan fingerprint density at radius 2 is 0.865 bits per heavy atom. The molecule has 0 aliphatic rings. The maximum Gasteiger partial charge on any atom is 0.0701 e. The van der Waals surface area contributed by atoms with Crippen molar-refractivity contribution in [3.63, 3.8) is 0 Å². The summed E-state index contributed by atoms with van der Waals surface area (Å²) in [5.41, 5.74) is 4.05. The van der Waals surface area contributed by atoms with Gasteiger partial charge in [-0.15, -0.1) is 0 Å². The van der Waals surface area contributed by atoms with E-state index in [2.05, 4.69) is 96.6 Å². The fourth-order valence-corrected chi connectivity index (χ4v) is 4.26. The van der Waals surface area contributed by atoms with E-state index in [0.29, 0.717) is 52.7 Å². The number of rotatable bonds is 16. The first-order chi connectivity index (χ1) is 18.2. The Bertz CT molecular complexity index is 1210. The van der Waals surface area contributed by atoms with Gasteiger partial charge in [0, 0.05) is 35.6 Å². The molecule has 4 aromatic rings. The quantitative estimate of drug-likeness (QED) is 0.190. The topological polar surface area (TPSA) is 51.8 Å². The molecule has 2 N–H and O–H groups in total. The van der Waals surface area contributed by atoms with Gasteiger partial charge in [-0.3, -0.25) is 0 Å². The third-order valence-corrected chi connectivity index (χ3v) is 6.14. The largest absolute Gasteiger partial charge is 0.383 e. The van der Waals surface area contributed by atoms with Crippen LogP contribution in [-0.4, -0.2) is 52.7 Å². The van der Waals surface area contributed by atoms with Gasteiger partial charge in [0.05, 0.1) is 39.6 Å². The first-order valence-electron chi connectivity index (χ1n) is 12.8. The van der Waals surface area contributed by atoms with E-state index >= 15 is 0 Å². The summed E-state index contributed by atoms with van der Waals surface area (Å²) in [6, 6.07) is 29.2. The van der Waals surface area contributed by atoms with E-state index in [-0.39, 0.29) is 0 Å². The standard InChI is InChI=1S/C32H36N2O3/c1-25(29-15-7-11-27-9-3-5-13-31(27)29)33-17-19-35-21-23-37-24-22-36-20-18-34-26(2)30-16-8-12-28-10-4-6-14-32(28)30/h3-16,33-34H,1-2,17-24H2. The third kappa shape index (κ3) is 7.67. The van der Waals surface area contributed by atoms with Gasteiger partial charge in [0.15, 0.2) is 0 Å². The molecule has 0 bridgehead atoms. The molecule has 0 saturated carbocycles. The lowest BCUT2D eigenvalue weighted by Crippen LogP contribution is -2.20. The van der Waals surface area contributed by atoms with Gasteiger partial charge in [0.25, 0.3) is 0 Å². The second-order valence-electron chi connectivity index (χ2n) is 8.70. The minimum absolute atomic E-state index is 0.545. The Labute approximate surface area is 219 Å². The van der Waals surface area contributed by atoms with Crippen LogP contribution in [0.5, 0.6) is 0 Å². The minimum atomic E-state index is 0.545. The van der Waals surface area contributed by atoms with Crippen molar-refractivity contribution in [2.45, 2.75) is 0 Å². The van der Waals surface area contributed by atoms with E-state index in [1.807, 2.05) is 12.1 Å². The summed E-state index contributed by atoms with van der Waals surface area (Å²) in [5, 5.41) is 11.5. The summed E-state index contributed by atoms with van der Waals surface area (Å²) >= 11 is 0. The van der Waals surface area contributed by atoms with Crippen LogP contribution in [0.1, 0.15) is 11.1 Å². The molecule has 0 fully saturated rings. The van der Waals surface area contributed by atoms with Crippen LogP contribution in [0.2, 0.25) is 0 Å². The zero-order chi connectivity index (χ0) is 25.7. The molecule has 0 atom stereocenters. The van der Waals surface area contributed by atoms with E-state index < -0.39 is 0 Å². The summed E-state index contributed by atoms with van der Waals surface area (Å²) in [6.45, 7) is 13.1. The lowest BCUT2D eigenvalue weighted by Gasteiger charge is -2.13. The zero-order valence-electron chi connectivity index (χ0n) is 21.4. The van der Waals surface area contributed by atoms with Crippen molar-refractivity contribution < 1.29 is 14.2 Å². The molecule has 0 aliphatic heterocycles. The average Bonchev–Trinajstić information content (AvgIpc) is 2.94. The second-order valence-corrected chi connectivity index (χ2v) is 8.70. The van der Waals surface area contributed by atoms with Gasteiger partial charge in [-0.05, 0) is 21.5 Å². The molecule has 0 spiro atoms. The molecule has 4 aromatic carbocycles. The number of benzene rings is 4. The molecule has 0 aliphatic carbocycles. The number of ether oxygens (including phenoxy) is 3. The van der Waals surface area contributed by atoms with E-state index in [1.165, 1.54) is 21.5 Å². The Balaban J connectivity index is 0.996. The maximum absolute atomic E-state index is 5.66. The predicted molar refractivity (Wildman–Crippen MR) is 154 cm³/mol. The van der Waals surface area contributed by atoms with Gasteiger partial charge in [-0.2, -0.15) is 0 Å². The summed E-state index contributed by atoms with van der Waals surface area (Å²) in [7, 11) is 0. The number of hydrogen-bond acceptors (Lipinski definition) is 5. The maximum atomic E-state index is 5.66. The molecule has 4 rings (SSSR count). The molecule has 37 heavy (non-hydrogen) atoms. The summed E-state index contributed by atoms with van der Waals surface area (Å²) in [4.78, 5) is 0. The molecule has 5 nitrogen and oxygen atoms in total. The molecular weight excluding hydrogens is 460 g/mol. The van der Waals surface area contributed by atoms with Crippen LogP contribution in [-0.2, 0) is 14.2 Å². The molecule has 0 aromatic heterocycles. The van der Waals surface area contributed by atoms with Gasteiger partial charge in [0.2, 0.25) is 0 Å². The van der Waals surface area contributed by atoms with Crippen molar-refractivity contribution in [1.29, 1.82) is 0 Å². The van der Waals surface area contributed by atoms with Gasteiger partial charge in [-0.1, -0.05) is 98.1 Å². The zero-order valence-corrected chi connectivity index (χ0v) is 21.4. The molecular formula is C32H36N2O3. The Hall–Kier alpha value is -3.64. The fraction of sp³-hybridized carbons (Fsp3) is 0.250. The molecule has 0 heterocycles. The smallest absolute Gasteiger partial charge is 0.0701 e. The van der Waals surface area contributed by atoms with Gasteiger partial charge in [0.1, 0.15) is 0 Å². The highest BCUT2D eigenvalue weighted by atomic mass is 16.5. The van der Waals surface area contributed by atoms with Crippen molar-refractivity contribution in [2.75, 3.05) is 52.7 Å². The highest BCUT2D eigenvalue weighted by molar-refractivity contribution is 5.93. The van der Waals surface area contributed by atoms with Gasteiger partial charge >= 0.3 is 0 Å². The van der Waals surface area contributed by atoms with Crippen LogP contribution < -0.4 is 10.6 Å². The Morgan fingerprint density at radius 3 is 1.32 bits per heavy atom. The molecule has 192 valence electrons. The Kier molecular flexibility index (Phi) is 10.1. The van der Waals surface area contributed by atoms with Crippen molar-refractivity contribution in [1.82, 2.24) is 10.6 Å². The van der Waals surface area contributed by atoms with E-state index in [1.54, 1.807) is 0 Å². The fourth-order valence-electron chi connectivity index (χ4n) is 4.26. The predicted octanol–water partition coefficient (Wildman–Crippen LogP) is 5.86. The number of nitrogens with one attached hydrogen (secondary N) is 2. The van der Waals surface area contributed by atoms with Crippen LogP contribution in [0.15, 0.2) is 98.1 Å². The van der Waals surface area contributed by atoms with Crippen molar-refractivity contribution >= 4 is 32.9 Å². The average molecular weight is 497 g/mol. The van der Waals surface area contributed by atoms with Crippen molar-refractivity contribution in [3.8, 4) is 0 Å². The summed E-state index contributed by atoms with van der Waals surface area (Å²) in [6.07, 6.45) is 0. The van der Waals surface area contributed by atoms with E-state index in [9.17, 15) is 0 Å². The summed E-state index contributed by atoms with van der Waals surface area (Å²) in [5.74, 6) is 0. The first-order valence-corrected chi connectivity index (χ1v) is 12.8. The normalized spacial score (nSPS) is 11.0. The monoisotopic (exact) mass is 496 g/mol. The highest BCUT2D eigenvalue weighted by Crippen LogP contribution is 2.23. The van der Waals surface area contributed by atoms with Crippen LogP contribution in [0.25, 0.3) is 32.9 Å². The van der Waals surface area contributed by atoms with Crippen LogP contribution in [0, 0.1) is 0 Å². The van der Waals surface area contributed by atoms with Crippen LogP contribution >= 0.6 is 0 Å². The Morgan fingerprint density at radius 1 is 0.486 bits per heavy atom. The van der Waals surface area contributed by atoms with Crippen LogP contribution in [0.4, 0.5) is 0 Å². The van der Waals surface area contributed by atoms with Crippen LogP contribution in [0.3, 0.4) is 0 Å². The lowest BCUT2D eigenvalue weighted by molar-refractivity contribution is 0.0165. The molecule has 0 amide bonds. The number of fused-ring (bicyclic) bond motifs is 2. The first kappa shape index (κ1) is 26.4. The molecule has 0 saturated heterocycles. The lowest BCUT2D eigenvalue weighted by atomic mass is 10.0. The number of hydrogen-bond donors (Lipinski definition) is 2. The SMILES string of the molecule is C=C(NCCOCCOCCOCCNC(=C)c1cccc2ccccc12)c1cccc2ccccc12. The second kappa shape index (κ2) is 14.2. The van der Waals surface area contributed by atoms with Crippen molar-refractivity contribution in [2.24, 2.45) is 0 Å². The minimum Gasteiger partial charge on any atom is -0.383 e. The molecule has 5 heteroatoms.